The minimum Gasteiger partial charge on any atom is -0.416 e. The second-order valence-electron chi connectivity index (χ2n) is 13.8. The van der Waals surface area contributed by atoms with E-state index in [1.165, 1.54) is 18.3 Å². The van der Waals surface area contributed by atoms with Gasteiger partial charge >= 0.3 is 0 Å². The third-order valence-corrected chi connectivity index (χ3v) is 16.9. The van der Waals surface area contributed by atoms with Gasteiger partial charge in [-0.05, 0) is 59.4 Å². The SMILES string of the molecule is CC(C)[Si](OCCCc1nc(-c2ccc(F)cc2)c(-c2ccnc(S(C)(=O)=O)n2)n1COCC[Si](C)(C)C)(C(C)C)C(C)C. The molecular weight excluding hydrogens is 612 g/mol. The van der Waals surface area contributed by atoms with Crippen LogP contribution in [-0.4, -0.2) is 63.8 Å². The van der Waals surface area contributed by atoms with Crippen molar-refractivity contribution >= 4 is 26.2 Å². The lowest BCUT2D eigenvalue weighted by atomic mass is 10.1. The first-order valence-corrected chi connectivity index (χ1v) is 23.3. The van der Waals surface area contributed by atoms with Crippen LogP contribution in [0.5, 0.6) is 0 Å². The predicted molar refractivity (Wildman–Crippen MR) is 181 cm³/mol. The van der Waals surface area contributed by atoms with Crippen LogP contribution in [0.15, 0.2) is 41.7 Å². The summed E-state index contributed by atoms with van der Waals surface area (Å²) in [6.45, 7) is 22.1. The average Bonchev–Trinajstić information content (AvgIpc) is 3.28. The molecule has 0 bridgehead atoms. The van der Waals surface area contributed by atoms with E-state index < -0.39 is 26.2 Å². The number of rotatable bonds is 16. The van der Waals surface area contributed by atoms with Gasteiger partial charge in [0, 0.05) is 45.7 Å². The number of halogens is 1. The quantitative estimate of drug-likeness (QED) is 0.0872. The molecule has 0 aliphatic carbocycles. The van der Waals surface area contributed by atoms with Gasteiger partial charge in [0.2, 0.25) is 15.0 Å². The van der Waals surface area contributed by atoms with E-state index in [2.05, 4.69) is 71.2 Å². The van der Waals surface area contributed by atoms with E-state index in [-0.39, 0.29) is 17.7 Å². The number of sulfone groups is 1. The molecule has 0 fully saturated rings. The highest BCUT2D eigenvalue weighted by atomic mass is 32.2. The summed E-state index contributed by atoms with van der Waals surface area (Å²) in [6, 6.07) is 8.83. The van der Waals surface area contributed by atoms with E-state index in [0.717, 1.165) is 24.5 Å². The Morgan fingerprint density at radius 3 is 2.07 bits per heavy atom. The van der Waals surface area contributed by atoms with Crippen LogP contribution in [0.3, 0.4) is 0 Å². The van der Waals surface area contributed by atoms with E-state index in [1.54, 1.807) is 18.2 Å². The molecule has 3 aromatic rings. The van der Waals surface area contributed by atoms with Crippen LogP contribution in [-0.2, 0) is 32.2 Å². The number of hydrogen-bond donors (Lipinski definition) is 0. The number of aryl methyl sites for hydroxylation is 1. The van der Waals surface area contributed by atoms with Gasteiger partial charge in [0.25, 0.3) is 0 Å². The predicted octanol–water partition coefficient (Wildman–Crippen LogP) is 7.99. The number of benzene rings is 1. The number of imidazole rings is 1. The first kappa shape index (κ1) is 36.2. The van der Waals surface area contributed by atoms with Gasteiger partial charge in [0.05, 0.1) is 17.1 Å². The molecule has 0 atom stereocenters. The Labute approximate surface area is 265 Å². The monoisotopic (exact) mass is 662 g/mol. The summed E-state index contributed by atoms with van der Waals surface area (Å²) in [6.07, 6.45) is 3.91. The summed E-state index contributed by atoms with van der Waals surface area (Å²) in [7, 11) is -7.00. The minimum atomic E-state index is -3.65. The molecule has 0 aliphatic heterocycles. The van der Waals surface area contributed by atoms with E-state index in [4.69, 9.17) is 14.1 Å². The van der Waals surface area contributed by atoms with Crippen LogP contribution >= 0.6 is 0 Å². The molecule has 0 N–H and O–H groups in total. The van der Waals surface area contributed by atoms with Crippen molar-refractivity contribution < 1.29 is 22.0 Å². The van der Waals surface area contributed by atoms with Crippen LogP contribution in [0, 0.1) is 5.82 Å². The van der Waals surface area contributed by atoms with Gasteiger partial charge in [-0.15, -0.1) is 0 Å². The van der Waals surface area contributed by atoms with Crippen LogP contribution in [0.1, 0.15) is 53.8 Å². The summed E-state index contributed by atoms with van der Waals surface area (Å²) in [5.41, 5.74) is 3.78. The van der Waals surface area contributed by atoms with E-state index in [9.17, 15) is 12.8 Å². The average molecular weight is 663 g/mol. The molecule has 244 valence electrons. The molecule has 0 saturated heterocycles. The molecule has 12 heteroatoms. The fraction of sp³-hybridized carbons (Fsp3) is 0.594. The van der Waals surface area contributed by atoms with Crippen molar-refractivity contribution in [1.82, 2.24) is 19.5 Å². The first-order valence-electron chi connectivity index (χ1n) is 15.6. The van der Waals surface area contributed by atoms with Crippen LogP contribution in [0.4, 0.5) is 4.39 Å². The number of nitrogens with zero attached hydrogens (tertiary/aromatic N) is 4. The second kappa shape index (κ2) is 14.9. The summed E-state index contributed by atoms with van der Waals surface area (Å²) in [5.74, 6) is 0.428. The molecule has 2 heterocycles. The van der Waals surface area contributed by atoms with Gasteiger partial charge in [-0.25, -0.2) is 27.8 Å². The maximum absolute atomic E-state index is 13.9. The Bertz CT molecular complexity index is 1470. The van der Waals surface area contributed by atoms with Crippen molar-refractivity contribution in [2.75, 3.05) is 19.5 Å². The zero-order chi connectivity index (χ0) is 32.9. The van der Waals surface area contributed by atoms with Gasteiger partial charge < -0.3 is 13.7 Å². The lowest BCUT2D eigenvalue weighted by Gasteiger charge is -2.42. The van der Waals surface area contributed by atoms with E-state index in [1.807, 2.05) is 4.57 Å². The summed E-state index contributed by atoms with van der Waals surface area (Å²) < 4.78 is 53.7. The standard InChI is InChI=1S/C32H51FN4O4SSi2/c1-23(2)44(24(3)4,25(5)6)41-19-11-12-29-36-30(26-13-15-27(33)16-14-26)31(37(29)22-40-20-21-43(8,9)10)28-17-18-34-32(35-28)42(7,38)39/h13-18,23-25H,11-12,19-22H2,1-10H3. The minimum absolute atomic E-state index is 0.227. The lowest BCUT2D eigenvalue weighted by molar-refractivity contribution is 0.0859. The van der Waals surface area contributed by atoms with Gasteiger partial charge in [0.1, 0.15) is 18.4 Å². The molecule has 0 spiro atoms. The van der Waals surface area contributed by atoms with Crippen molar-refractivity contribution in [1.29, 1.82) is 0 Å². The molecule has 2 aromatic heterocycles. The Morgan fingerprint density at radius 2 is 1.52 bits per heavy atom. The molecule has 3 rings (SSSR count). The fourth-order valence-electron chi connectivity index (χ4n) is 6.06. The zero-order valence-electron chi connectivity index (χ0n) is 28.1. The third-order valence-electron chi connectivity index (χ3n) is 8.19. The molecular formula is C32H51FN4O4SSi2. The highest BCUT2D eigenvalue weighted by Gasteiger charge is 2.44. The van der Waals surface area contributed by atoms with Gasteiger partial charge in [-0.3, -0.25) is 0 Å². The van der Waals surface area contributed by atoms with Crippen molar-refractivity contribution in [3.05, 3.63) is 48.2 Å². The summed E-state index contributed by atoms with van der Waals surface area (Å²) >= 11 is 0. The maximum Gasteiger partial charge on any atom is 0.247 e. The van der Waals surface area contributed by atoms with Crippen LogP contribution in [0.25, 0.3) is 22.6 Å². The molecule has 44 heavy (non-hydrogen) atoms. The van der Waals surface area contributed by atoms with Gasteiger partial charge in [0.15, 0.2) is 8.32 Å². The number of ether oxygens (including phenoxy) is 1. The molecule has 8 nitrogen and oxygen atoms in total. The van der Waals surface area contributed by atoms with Crippen molar-refractivity contribution in [2.24, 2.45) is 0 Å². The Kier molecular flexibility index (Phi) is 12.3. The second-order valence-corrected chi connectivity index (χ2v) is 26.8. The van der Waals surface area contributed by atoms with Crippen molar-refractivity contribution in [2.45, 2.75) is 109 Å². The zero-order valence-corrected chi connectivity index (χ0v) is 31.0. The Hall–Kier alpha value is -2.26. The smallest absolute Gasteiger partial charge is 0.247 e. The first-order chi connectivity index (χ1) is 20.5. The normalized spacial score (nSPS) is 13.0. The van der Waals surface area contributed by atoms with Crippen LogP contribution in [0.2, 0.25) is 42.3 Å². The van der Waals surface area contributed by atoms with Crippen molar-refractivity contribution in [3.8, 4) is 22.6 Å². The van der Waals surface area contributed by atoms with Gasteiger partial charge in [-0.1, -0.05) is 61.2 Å². The highest BCUT2D eigenvalue weighted by molar-refractivity contribution is 7.90. The maximum atomic E-state index is 13.9. The molecule has 0 amide bonds. The Morgan fingerprint density at radius 1 is 0.909 bits per heavy atom. The van der Waals surface area contributed by atoms with Gasteiger partial charge in [-0.2, -0.15) is 0 Å². The number of hydrogen-bond acceptors (Lipinski definition) is 7. The molecule has 0 saturated carbocycles. The summed E-state index contributed by atoms with van der Waals surface area (Å²) in [5, 5.41) is -0.264. The molecule has 0 unspecified atom stereocenters. The summed E-state index contributed by atoms with van der Waals surface area (Å²) in [4.78, 5) is 13.5. The topological polar surface area (TPSA) is 96.2 Å². The number of aromatic nitrogens is 4. The molecule has 1 aromatic carbocycles. The van der Waals surface area contributed by atoms with Crippen molar-refractivity contribution in [3.63, 3.8) is 0 Å². The largest absolute Gasteiger partial charge is 0.416 e. The lowest BCUT2D eigenvalue weighted by Crippen LogP contribution is -2.48. The van der Waals surface area contributed by atoms with E-state index >= 15 is 0 Å². The molecule has 0 radical (unpaired) electrons. The Balaban J connectivity index is 2.08. The van der Waals surface area contributed by atoms with E-state index in [0.29, 0.717) is 58.9 Å². The third kappa shape index (κ3) is 8.93. The molecule has 0 aliphatic rings. The fourth-order valence-corrected chi connectivity index (χ4v) is 12.8. The van der Waals surface area contributed by atoms with Crippen LogP contribution < -0.4 is 0 Å². The highest BCUT2D eigenvalue weighted by Crippen LogP contribution is 2.42.